The van der Waals surface area contributed by atoms with Gasteiger partial charge in [0.2, 0.25) is 11.8 Å². The average molecular weight is 384 g/mol. The number of nitrogens with zero attached hydrogens (tertiary/aromatic N) is 2. The lowest BCUT2D eigenvalue weighted by Crippen LogP contribution is -2.37. The summed E-state index contributed by atoms with van der Waals surface area (Å²) in [6.45, 7) is -0.147. The summed E-state index contributed by atoms with van der Waals surface area (Å²) in [6, 6.07) is 6.15. The zero-order chi connectivity index (χ0) is 19.6. The highest BCUT2D eigenvalue weighted by Crippen LogP contribution is 2.48. The van der Waals surface area contributed by atoms with E-state index in [1.807, 2.05) is 0 Å². The molecular formula is C19H16N2O7. The highest BCUT2D eigenvalue weighted by atomic mass is 16.7. The van der Waals surface area contributed by atoms with E-state index in [1.165, 1.54) is 12.1 Å². The van der Waals surface area contributed by atoms with Crippen molar-refractivity contribution < 1.29 is 33.5 Å². The van der Waals surface area contributed by atoms with Gasteiger partial charge >= 0.3 is 5.97 Å². The van der Waals surface area contributed by atoms with Gasteiger partial charge in [-0.05, 0) is 25.0 Å². The second-order valence-electron chi connectivity index (χ2n) is 7.33. The monoisotopic (exact) mass is 384 g/mol. The van der Waals surface area contributed by atoms with Crippen molar-refractivity contribution in [2.75, 3.05) is 6.54 Å². The van der Waals surface area contributed by atoms with Gasteiger partial charge in [-0.25, -0.2) is 4.79 Å². The zero-order valence-electron chi connectivity index (χ0n) is 14.7. The van der Waals surface area contributed by atoms with Gasteiger partial charge in [-0.15, -0.1) is 0 Å². The third-order valence-electron chi connectivity index (χ3n) is 5.87. The number of carbonyl (C=O) groups is 5. The molecule has 9 heteroatoms. The Kier molecular flexibility index (Phi) is 3.63. The van der Waals surface area contributed by atoms with Crippen molar-refractivity contribution in [2.24, 2.45) is 11.8 Å². The molecular weight excluding hydrogens is 368 g/mol. The van der Waals surface area contributed by atoms with Crippen LogP contribution >= 0.6 is 0 Å². The number of ether oxygens (including phenoxy) is 1. The van der Waals surface area contributed by atoms with Crippen molar-refractivity contribution in [1.29, 1.82) is 0 Å². The van der Waals surface area contributed by atoms with Crippen LogP contribution in [0.15, 0.2) is 24.3 Å². The first-order chi connectivity index (χ1) is 13.5. The molecule has 0 spiro atoms. The van der Waals surface area contributed by atoms with Crippen LogP contribution in [0.5, 0.6) is 0 Å². The fourth-order valence-electron chi connectivity index (χ4n) is 4.59. The maximum Gasteiger partial charge on any atom is 0.335 e. The zero-order valence-corrected chi connectivity index (χ0v) is 14.7. The molecule has 4 aliphatic rings. The molecule has 3 saturated heterocycles. The molecule has 4 amide bonds. The molecule has 0 aromatic heterocycles. The van der Waals surface area contributed by atoms with Crippen LogP contribution < -0.4 is 0 Å². The molecule has 4 atom stereocenters. The second-order valence-corrected chi connectivity index (χ2v) is 7.33. The van der Waals surface area contributed by atoms with Gasteiger partial charge in [0, 0.05) is 6.54 Å². The third-order valence-corrected chi connectivity index (χ3v) is 5.87. The maximum absolute atomic E-state index is 12.6. The molecule has 4 unspecified atom stereocenters. The lowest BCUT2D eigenvalue weighted by molar-refractivity contribution is -0.169. The van der Waals surface area contributed by atoms with E-state index in [9.17, 15) is 24.0 Å². The predicted molar refractivity (Wildman–Crippen MR) is 89.2 cm³/mol. The van der Waals surface area contributed by atoms with Crippen molar-refractivity contribution in [1.82, 2.24) is 9.96 Å². The Morgan fingerprint density at radius 3 is 2.04 bits per heavy atom. The fraction of sp³-hybridized carbons (Fsp3) is 0.421. The summed E-state index contributed by atoms with van der Waals surface area (Å²) in [5, 5.41) is 0.420. The number of hydrogen-bond donors (Lipinski definition) is 0. The van der Waals surface area contributed by atoms with Crippen LogP contribution in [0.1, 0.15) is 40.0 Å². The molecule has 144 valence electrons. The second kappa shape index (κ2) is 5.96. The first kappa shape index (κ1) is 17.1. The van der Waals surface area contributed by atoms with Crippen molar-refractivity contribution in [3.63, 3.8) is 0 Å². The minimum Gasteiger partial charge on any atom is -0.373 e. The smallest absolute Gasteiger partial charge is 0.335 e. The summed E-state index contributed by atoms with van der Waals surface area (Å²) in [5.41, 5.74) is 0.321. The van der Waals surface area contributed by atoms with E-state index in [4.69, 9.17) is 9.57 Å². The summed E-state index contributed by atoms with van der Waals surface area (Å²) < 4.78 is 5.66. The summed E-state index contributed by atoms with van der Waals surface area (Å²) >= 11 is 0. The van der Waals surface area contributed by atoms with Gasteiger partial charge < -0.3 is 9.57 Å². The van der Waals surface area contributed by atoms with Gasteiger partial charge in [0.05, 0.1) is 41.6 Å². The van der Waals surface area contributed by atoms with Crippen LogP contribution in [0.3, 0.4) is 0 Å². The Balaban J connectivity index is 1.22. The van der Waals surface area contributed by atoms with E-state index < -0.39 is 29.6 Å². The van der Waals surface area contributed by atoms with E-state index in [0.717, 1.165) is 17.7 Å². The van der Waals surface area contributed by atoms with Crippen molar-refractivity contribution in [3.05, 3.63) is 35.4 Å². The first-order valence-corrected chi connectivity index (χ1v) is 9.16. The Hall–Kier alpha value is -3.07. The molecule has 0 radical (unpaired) electrons. The van der Waals surface area contributed by atoms with Gasteiger partial charge in [0.15, 0.2) is 0 Å². The molecule has 3 fully saturated rings. The van der Waals surface area contributed by atoms with Crippen LogP contribution in [0, 0.1) is 11.8 Å². The van der Waals surface area contributed by atoms with Crippen LogP contribution in [0.4, 0.5) is 0 Å². The molecule has 4 aliphatic heterocycles. The minimum absolute atomic E-state index is 0.147. The van der Waals surface area contributed by atoms with Gasteiger partial charge in [0.1, 0.15) is 0 Å². The third kappa shape index (κ3) is 2.26. The molecule has 2 bridgehead atoms. The quantitative estimate of drug-likeness (QED) is 0.686. The normalized spacial score (nSPS) is 30.3. The van der Waals surface area contributed by atoms with Crippen LogP contribution in [-0.2, 0) is 24.0 Å². The van der Waals surface area contributed by atoms with E-state index in [-0.39, 0.29) is 48.1 Å². The summed E-state index contributed by atoms with van der Waals surface area (Å²) in [4.78, 5) is 67.7. The van der Waals surface area contributed by atoms with E-state index in [0.29, 0.717) is 5.06 Å². The molecule has 28 heavy (non-hydrogen) atoms. The first-order valence-electron chi connectivity index (χ1n) is 9.16. The Bertz CT molecular complexity index is 879. The number of fused-ring (bicyclic) bond motifs is 6. The number of carbonyl (C=O) groups excluding carboxylic acids is 5. The summed E-state index contributed by atoms with van der Waals surface area (Å²) in [7, 11) is 0. The van der Waals surface area contributed by atoms with Crippen LogP contribution in [-0.4, -0.2) is 58.3 Å². The van der Waals surface area contributed by atoms with Gasteiger partial charge in [0.25, 0.3) is 11.8 Å². The van der Waals surface area contributed by atoms with Gasteiger partial charge in [-0.2, -0.15) is 0 Å². The van der Waals surface area contributed by atoms with Crippen LogP contribution in [0.25, 0.3) is 0 Å². The molecule has 0 aliphatic carbocycles. The maximum atomic E-state index is 12.6. The van der Waals surface area contributed by atoms with Crippen molar-refractivity contribution in [3.8, 4) is 0 Å². The number of amides is 4. The Morgan fingerprint density at radius 1 is 0.964 bits per heavy atom. The molecule has 0 saturated carbocycles. The van der Waals surface area contributed by atoms with Crippen molar-refractivity contribution >= 4 is 29.6 Å². The predicted octanol–water partition coefficient (Wildman–Crippen LogP) is 0.293. The fourth-order valence-corrected chi connectivity index (χ4v) is 4.59. The molecule has 9 nitrogen and oxygen atoms in total. The number of benzene rings is 1. The van der Waals surface area contributed by atoms with E-state index in [2.05, 4.69) is 0 Å². The van der Waals surface area contributed by atoms with E-state index >= 15 is 0 Å². The molecule has 1 aromatic carbocycles. The SMILES string of the molecule is O=C(CCN1C(=O)C2C3CCC(O3)C2C1=O)ON1C(=O)c2ccccc2C1=O. The topological polar surface area (TPSA) is 110 Å². The average Bonchev–Trinajstić information content (AvgIpc) is 3.42. The minimum atomic E-state index is -0.869. The Morgan fingerprint density at radius 2 is 1.50 bits per heavy atom. The number of hydroxylamine groups is 2. The lowest BCUT2D eigenvalue weighted by atomic mass is 9.81. The Labute approximate surface area is 159 Å². The van der Waals surface area contributed by atoms with Gasteiger partial charge in [-0.3, -0.25) is 24.1 Å². The highest BCUT2D eigenvalue weighted by molar-refractivity contribution is 6.20. The van der Waals surface area contributed by atoms with Gasteiger partial charge in [-0.1, -0.05) is 17.2 Å². The lowest BCUT2D eigenvalue weighted by Gasteiger charge is -2.18. The van der Waals surface area contributed by atoms with Crippen LogP contribution in [0.2, 0.25) is 0 Å². The molecule has 4 heterocycles. The standard InChI is InChI=1S/C19H16N2O7/c22-13(28-21-16(23)9-3-1-2-4-10(9)17(21)24)7-8-20-18(25)14-11-5-6-12(27-11)15(14)19(20)26/h1-4,11-12,14-15H,5-8H2. The number of hydrogen-bond acceptors (Lipinski definition) is 7. The summed E-state index contributed by atoms with van der Waals surface area (Å²) in [6.07, 6.45) is 0.782. The summed E-state index contributed by atoms with van der Waals surface area (Å²) in [5.74, 6) is -3.87. The highest BCUT2D eigenvalue weighted by Gasteiger charge is 2.62. The number of imide groups is 2. The van der Waals surface area contributed by atoms with E-state index in [1.54, 1.807) is 12.1 Å². The largest absolute Gasteiger partial charge is 0.373 e. The number of rotatable bonds is 4. The molecule has 1 aromatic rings. The van der Waals surface area contributed by atoms with Crippen molar-refractivity contribution in [2.45, 2.75) is 31.5 Å². The molecule has 0 N–H and O–H groups in total. The number of likely N-dealkylation sites (tertiary alicyclic amines) is 1. The molecule has 5 rings (SSSR count).